The first-order valence-corrected chi connectivity index (χ1v) is 9.19. The number of ketones is 1. The molecule has 4 rings (SSSR count). The van der Waals surface area contributed by atoms with E-state index in [1.807, 2.05) is 37.3 Å². The van der Waals surface area contributed by atoms with Crippen LogP contribution >= 0.6 is 11.3 Å². The molecule has 0 aliphatic rings. The second kappa shape index (κ2) is 6.89. The van der Waals surface area contributed by atoms with E-state index in [0.717, 1.165) is 16.0 Å². The van der Waals surface area contributed by atoms with Crippen LogP contribution in [0.3, 0.4) is 0 Å². The third kappa shape index (κ3) is 3.08. The second-order valence-electron chi connectivity index (χ2n) is 6.18. The summed E-state index contributed by atoms with van der Waals surface area (Å²) in [5.41, 5.74) is 1.54. The van der Waals surface area contributed by atoms with Gasteiger partial charge in [0.1, 0.15) is 10.6 Å². The lowest BCUT2D eigenvalue weighted by molar-refractivity contribution is 0.0966. The number of carbonyl (C=O) groups is 1. The molecule has 134 valence electrons. The molecule has 0 spiro atoms. The molecule has 0 N–H and O–H groups in total. The van der Waals surface area contributed by atoms with Gasteiger partial charge in [-0.25, -0.2) is 9.37 Å². The summed E-state index contributed by atoms with van der Waals surface area (Å²) in [6.45, 7) is 1.63. The van der Waals surface area contributed by atoms with Gasteiger partial charge in [0.2, 0.25) is 0 Å². The van der Waals surface area contributed by atoms with Gasteiger partial charge >= 0.3 is 0 Å². The molecule has 0 aliphatic heterocycles. The Morgan fingerprint density at radius 1 is 1.11 bits per heavy atom. The molecular formula is C21H15FN2O2S. The fourth-order valence-corrected chi connectivity index (χ4v) is 4.21. The monoisotopic (exact) mass is 378 g/mol. The van der Waals surface area contributed by atoms with Crippen LogP contribution in [0, 0.1) is 12.7 Å². The highest BCUT2D eigenvalue weighted by atomic mass is 32.1. The normalized spacial score (nSPS) is 11.0. The summed E-state index contributed by atoms with van der Waals surface area (Å²) in [4.78, 5) is 31.3. The highest BCUT2D eigenvalue weighted by Gasteiger charge is 2.18. The molecule has 0 atom stereocenters. The maximum Gasteiger partial charge on any atom is 0.262 e. The van der Waals surface area contributed by atoms with E-state index < -0.39 is 11.6 Å². The number of hydrogen-bond acceptors (Lipinski definition) is 4. The van der Waals surface area contributed by atoms with Crippen molar-refractivity contribution in [3.63, 3.8) is 0 Å². The Kier molecular flexibility index (Phi) is 4.41. The van der Waals surface area contributed by atoms with E-state index in [4.69, 9.17) is 0 Å². The van der Waals surface area contributed by atoms with Crippen molar-refractivity contribution in [3.05, 3.63) is 88.2 Å². The Bertz CT molecular complexity index is 1210. The van der Waals surface area contributed by atoms with E-state index in [2.05, 4.69) is 4.98 Å². The van der Waals surface area contributed by atoms with Crippen molar-refractivity contribution in [2.24, 2.45) is 0 Å². The van der Waals surface area contributed by atoms with Crippen LogP contribution in [0.4, 0.5) is 4.39 Å². The molecule has 0 amide bonds. The number of carbonyl (C=O) groups excluding carboxylic acids is 1. The smallest absolute Gasteiger partial charge is 0.262 e. The zero-order valence-electron chi connectivity index (χ0n) is 14.5. The quantitative estimate of drug-likeness (QED) is 0.493. The van der Waals surface area contributed by atoms with Gasteiger partial charge in [0, 0.05) is 4.88 Å². The summed E-state index contributed by atoms with van der Waals surface area (Å²) in [5, 5.41) is 0.502. The third-order valence-electron chi connectivity index (χ3n) is 4.44. The first kappa shape index (κ1) is 17.3. The molecule has 0 fully saturated rings. The van der Waals surface area contributed by atoms with Crippen LogP contribution in [0.5, 0.6) is 0 Å². The summed E-state index contributed by atoms with van der Waals surface area (Å²) in [5.74, 6) is -1.06. The van der Waals surface area contributed by atoms with E-state index in [0.29, 0.717) is 10.2 Å². The lowest BCUT2D eigenvalue weighted by Gasteiger charge is -2.06. The minimum atomic E-state index is -0.595. The van der Waals surface area contributed by atoms with E-state index in [1.165, 1.54) is 40.4 Å². The molecule has 6 heteroatoms. The first-order valence-electron chi connectivity index (χ1n) is 8.38. The average molecular weight is 378 g/mol. The van der Waals surface area contributed by atoms with Crippen molar-refractivity contribution in [2.45, 2.75) is 13.5 Å². The van der Waals surface area contributed by atoms with E-state index in [-0.39, 0.29) is 17.7 Å². The van der Waals surface area contributed by atoms with Crippen molar-refractivity contribution in [3.8, 4) is 10.4 Å². The molecule has 2 aromatic carbocycles. The number of fused-ring (bicyclic) bond motifs is 1. The lowest BCUT2D eigenvalue weighted by atomic mass is 10.1. The molecule has 2 heterocycles. The lowest BCUT2D eigenvalue weighted by Crippen LogP contribution is -2.25. The van der Waals surface area contributed by atoms with Crippen molar-refractivity contribution in [1.82, 2.24) is 9.55 Å². The number of aryl methyl sites for hydroxylation is 1. The number of Topliss-reactive ketones (excluding diaryl/α,β-unsaturated/α-hetero) is 1. The van der Waals surface area contributed by atoms with Crippen molar-refractivity contribution >= 4 is 27.3 Å². The minimum Gasteiger partial charge on any atom is -0.292 e. The summed E-state index contributed by atoms with van der Waals surface area (Å²) >= 11 is 1.45. The number of hydrogen-bond donors (Lipinski definition) is 0. The van der Waals surface area contributed by atoms with Crippen LogP contribution in [0.2, 0.25) is 0 Å². The number of benzene rings is 2. The van der Waals surface area contributed by atoms with E-state index in [1.54, 1.807) is 6.07 Å². The topological polar surface area (TPSA) is 52.0 Å². The van der Waals surface area contributed by atoms with Gasteiger partial charge in [-0.05, 0) is 30.2 Å². The Balaban J connectivity index is 1.77. The van der Waals surface area contributed by atoms with E-state index in [9.17, 15) is 14.0 Å². The minimum absolute atomic E-state index is 0.0310. The molecule has 4 aromatic rings. The van der Waals surface area contributed by atoms with Gasteiger partial charge in [-0.2, -0.15) is 0 Å². The van der Waals surface area contributed by atoms with Crippen LogP contribution < -0.4 is 5.56 Å². The maximum absolute atomic E-state index is 13.8. The van der Waals surface area contributed by atoms with Crippen molar-refractivity contribution < 1.29 is 9.18 Å². The number of aromatic nitrogens is 2. The predicted molar refractivity (Wildman–Crippen MR) is 105 cm³/mol. The van der Waals surface area contributed by atoms with Crippen LogP contribution in [0.15, 0.2) is 65.7 Å². The van der Waals surface area contributed by atoms with Gasteiger partial charge in [-0.1, -0.05) is 42.5 Å². The number of thiophene rings is 1. The molecule has 0 bridgehead atoms. The molecule has 27 heavy (non-hydrogen) atoms. The standard InChI is InChI=1S/C21H15FN2O2S/c1-13-18-20(27-19(13)14-7-3-2-4-8-14)23-12-24(21(18)26)11-17(25)15-9-5-6-10-16(15)22/h2-10,12H,11H2,1H3. The Morgan fingerprint density at radius 3 is 2.56 bits per heavy atom. The Morgan fingerprint density at radius 2 is 1.81 bits per heavy atom. The SMILES string of the molecule is Cc1c(-c2ccccc2)sc2ncn(CC(=O)c3ccccc3F)c(=O)c12. The van der Waals surface area contributed by atoms with E-state index >= 15 is 0 Å². The summed E-state index contributed by atoms with van der Waals surface area (Å²) in [6.07, 6.45) is 1.36. The zero-order valence-corrected chi connectivity index (χ0v) is 15.3. The molecule has 0 aliphatic carbocycles. The summed E-state index contributed by atoms with van der Waals surface area (Å²) < 4.78 is 15.1. The first-order chi connectivity index (χ1) is 13.1. The van der Waals surface area contributed by atoms with Gasteiger partial charge in [0.25, 0.3) is 5.56 Å². The van der Waals surface area contributed by atoms with Crippen molar-refractivity contribution in [2.75, 3.05) is 0 Å². The molecule has 2 aromatic heterocycles. The van der Waals surface area contributed by atoms with Crippen LogP contribution in [0.25, 0.3) is 20.7 Å². The van der Waals surface area contributed by atoms with Gasteiger partial charge in [-0.15, -0.1) is 11.3 Å². The molecule has 0 radical (unpaired) electrons. The van der Waals surface area contributed by atoms with Crippen LogP contribution in [0.1, 0.15) is 15.9 Å². The highest BCUT2D eigenvalue weighted by molar-refractivity contribution is 7.22. The molecular weight excluding hydrogens is 363 g/mol. The average Bonchev–Trinajstić information content (AvgIpc) is 3.02. The van der Waals surface area contributed by atoms with Gasteiger partial charge in [-0.3, -0.25) is 14.2 Å². The fourth-order valence-electron chi connectivity index (χ4n) is 3.06. The van der Waals surface area contributed by atoms with Gasteiger partial charge < -0.3 is 0 Å². The fraction of sp³-hybridized carbons (Fsp3) is 0.0952. The van der Waals surface area contributed by atoms with Crippen LogP contribution in [-0.4, -0.2) is 15.3 Å². The third-order valence-corrected chi connectivity index (χ3v) is 5.69. The van der Waals surface area contributed by atoms with Gasteiger partial charge in [0.05, 0.1) is 23.8 Å². The number of nitrogens with zero attached hydrogens (tertiary/aromatic N) is 2. The predicted octanol–water partition coefficient (Wildman–Crippen LogP) is 4.46. The van der Waals surface area contributed by atoms with Gasteiger partial charge in [0.15, 0.2) is 5.78 Å². The number of rotatable bonds is 4. The second-order valence-corrected chi connectivity index (χ2v) is 7.18. The Labute approximate surface area is 158 Å². The zero-order chi connectivity index (χ0) is 19.0. The number of halogens is 1. The maximum atomic E-state index is 13.8. The molecule has 0 saturated heterocycles. The molecule has 0 unspecified atom stereocenters. The largest absolute Gasteiger partial charge is 0.292 e. The molecule has 0 saturated carbocycles. The summed E-state index contributed by atoms with van der Waals surface area (Å²) in [6, 6.07) is 15.5. The van der Waals surface area contributed by atoms with Crippen molar-refractivity contribution in [1.29, 1.82) is 0 Å². The molecule has 4 nitrogen and oxygen atoms in total. The van der Waals surface area contributed by atoms with Crippen LogP contribution in [-0.2, 0) is 6.54 Å². The highest BCUT2D eigenvalue weighted by Crippen LogP contribution is 2.35. The Hall–Kier alpha value is -3.12. The summed E-state index contributed by atoms with van der Waals surface area (Å²) in [7, 11) is 0.